The quantitative estimate of drug-likeness (QED) is 0.836. The van der Waals surface area contributed by atoms with E-state index in [1.165, 1.54) is 30.2 Å². The highest BCUT2D eigenvalue weighted by atomic mass is 32.2. The highest BCUT2D eigenvalue weighted by molar-refractivity contribution is 7.99. The first kappa shape index (κ1) is 15.4. The van der Waals surface area contributed by atoms with Crippen molar-refractivity contribution in [2.75, 3.05) is 19.0 Å². The highest BCUT2D eigenvalue weighted by Crippen LogP contribution is 2.38. The number of benzene rings is 1. The third-order valence-electron chi connectivity index (χ3n) is 3.41. The van der Waals surface area contributed by atoms with Crippen LogP contribution in [0.15, 0.2) is 35.7 Å². The van der Waals surface area contributed by atoms with Gasteiger partial charge in [-0.1, -0.05) is 23.9 Å². The summed E-state index contributed by atoms with van der Waals surface area (Å²) in [6.07, 6.45) is 1.07. The first-order valence-electron chi connectivity index (χ1n) is 6.78. The number of ether oxygens (including phenoxy) is 2. The number of nitrogens with zero attached hydrogens (tertiary/aromatic N) is 3. The van der Waals surface area contributed by atoms with Crippen molar-refractivity contribution in [2.45, 2.75) is 17.0 Å². The number of aliphatic hydroxyl groups is 1. The summed E-state index contributed by atoms with van der Waals surface area (Å²) in [7, 11) is 1.80. The summed E-state index contributed by atoms with van der Waals surface area (Å²) in [6, 6.07) is 5.99. The fourth-order valence-corrected chi connectivity index (χ4v) is 3.24. The van der Waals surface area contributed by atoms with Gasteiger partial charge in [0, 0.05) is 12.6 Å². The number of halogens is 1. The van der Waals surface area contributed by atoms with Crippen molar-refractivity contribution in [1.82, 2.24) is 14.8 Å². The van der Waals surface area contributed by atoms with E-state index in [1.807, 2.05) is 0 Å². The third-order valence-corrected chi connectivity index (χ3v) is 4.56. The van der Waals surface area contributed by atoms with Crippen LogP contribution in [0.4, 0.5) is 4.39 Å². The zero-order valence-electron chi connectivity index (χ0n) is 12.0. The molecule has 0 spiro atoms. The Morgan fingerprint density at radius 2 is 2.23 bits per heavy atom. The van der Waals surface area contributed by atoms with E-state index in [0.29, 0.717) is 11.3 Å². The molecule has 1 saturated heterocycles. The van der Waals surface area contributed by atoms with Gasteiger partial charge in [0.25, 0.3) is 0 Å². The lowest BCUT2D eigenvalue weighted by Gasteiger charge is -2.28. The molecule has 8 heteroatoms. The number of rotatable bonds is 5. The molecule has 1 aliphatic heterocycles. The van der Waals surface area contributed by atoms with Gasteiger partial charge in [-0.2, -0.15) is 5.10 Å². The Balaban J connectivity index is 1.84. The average Bonchev–Trinajstić information content (AvgIpc) is 3.13. The van der Waals surface area contributed by atoms with Crippen molar-refractivity contribution in [2.24, 2.45) is 7.05 Å². The monoisotopic (exact) mass is 325 g/mol. The topological polar surface area (TPSA) is 69.4 Å². The Hall–Kier alpha value is -1.48. The van der Waals surface area contributed by atoms with Gasteiger partial charge in [0.05, 0.1) is 19.0 Å². The summed E-state index contributed by atoms with van der Waals surface area (Å²) in [5.41, 5.74) is 0.708. The van der Waals surface area contributed by atoms with E-state index in [4.69, 9.17) is 9.47 Å². The molecule has 0 bridgehead atoms. The predicted molar refractivity (Wildman–Crippen MR) is 77.7 cm³/mol. The van der Waals surface area contributed by atoms with E-state index in [2.05, 4.69) is 10.1 Å². The van der Waals surface area contributed by atoms with Crippen LogP contribution in [-0.2, 0) is 22.3 Å². The Morgan fingerprint density at radius 3 is 2.82 bits per heavy atom. The van der Waals surface area contributed by atoms with Crippen LogP contribution in [-0.4, -0.2) is 44.9 Å². The molecule has 1 aliphatic rings. The Morgan fingerprint density at radius 1 is 1.45 bits per heavy atom. The van der Waals surface area contributed by atoms with Crippen LogP contribution in [0, 0.1) is 5.82 Å². The molecule has 2 unspecified atom stereocenters. The van der Waals surface area contributed by atoms with Crippen molar-refractivity contribution >= 4 is 11.8 Å². The van der Waals surface area contributed by atoms with E-state index in [-0.39, 0.29) is 19.0 Å². The standard InChI is InChI=1S/C14H16FN3O3S/c1-18-13(16-9-17-18)22-8-14(20-7-12(6-19)21-14)10-2-4-11(15)5-3-10/h2-5,9,12,19H,6-8H2,1H3. The Labute approximate surface area is 131 Å². The first-order chi connectivity index (χ1) is 10.6. The molecule has 2 heterocycles. The average molecular weight is 325 g/mol. The van der Waals surface area contributed by atoms with Crippen LogP contribution >= 0.6 is 11.8 Å². The maximum Gasteiger partial charge on any atom is 0.205 e. The highest BCUT2D eigenvalue weighted by Gasteiger charge is 2.43. The van der Waals surface area contributed by atoms with E-state index < -0.39 is 11.9 Å². The fraction of sp³-hybridized carbons (Fsp3) is 0.429. The molecule has 6 nitrogen and oxygen atoms in total. The summed E-state index contributed by atoms with van der Waals surface area (Å²) in [6.45, 7) is 0.158. The van der Waals surface area contributed by atoms with Gasteiger partial charge in [-0.05, 0) is 12.1 Å². The lowest BCUT2D eigenvalue weighted by Crippen LogP contribution is -2.32. The summed E-state index contributed by atoms with van der Waals surface area (Å²) >= 11 is 1.43. The van der Waals surface area contributed by atoms with Gasteiger partial charge in [0.15, 0.2) is 5.16 Å². The molecular weight excluding hydrogens is 309 g/mol. The summed E-state index contributed by atoms with van der Waals surface area (Å²) < 4.78 is 26.5. The molecule has 118 valence electrons. The van der Waals surface area contributed by atoms with Crippen molar-refractivity contribution in [1.29, 1.82) is 0 Å². The molecule has 1 aromatic carbocycles. The van der Waals surface area contributed by atoms with Crippen LogP contribution in [0.5, 0.6) is 0 Å². The van der Waals surface area contributed by atoms with Crippen molar-refractivity contribution in [3.63, 3.8) is 0 Å². The first-order valence-corrected chi connectivity index (χ1v) is 7.77. The van der Waals surface area contributed by atoms with Crippen molar-refractivity contribution in [3.05, 3.63) is 42.0 Å². The fourth-order valence-electron chi connectivity index (χ4n) is 2.24. The zero-order chi connectivity index (χ0) is 15.6. The smallest absolute Gasteiger partial charge is 0.205 e. The zero-order valence-corrected chi connectivity index (χ0v) is 12.8. The van der Waals surface area contributed by atoms with Gasteiger partial charge in [-0.25, -0.2) is 14.1 Å². The van der Waals surface area contributed by atoms with Gasteiger partial charge in [0.2, 0.25) is 5.79 Å². The maximum atomic E-state index is 13.2. The molecule has 0 radical (unpaired) electrons. The summed E-state index contributed by atoms with van der Waals surface area (Å²) in [5, 5.41) is 14.0. The minimum Gasteiger partial charge on any atom is -0.394 e. The molecule has 22 heavy (non-hydrogen) atoms. The Bertz CT molecular complexity index is 637. The van der Waals surface area contributed by atoms with Crippen LogP contribution in [0.25, 0.3) is 0 Å². The van der Waals surface area contributed by atoms with Crippen molar-refractivity contribution in [3.8, 4) is 0 Å². The molecule has 0 amide bonds. The molecule has 1 N–H and O–H groups in total. The number of thioether (sulfide) groups is 1. The molecule has 1 aromatic heterocycles. The largest absolute Gasteiger partial charge is 0.394 e. The van der Waals surface area contributed by atoms with E-state index in [0.717, 1.165) is 5.16 Å². The molecule has 0 saturated carbocycles. The number of hydrogen-bond acceptors (Lipinski definition) is 6. The van der Waals surface area contributed by atoms with Gasteiger partial charge in [-0.15, -0.1) is 0 Å². The van der Waals surface area contributed by atoms with Gasteiger partial charge < -0.3 is 14.6 Å². The Kier molecular flexibility index (Phi) is 4.44. The second-order valence-electron chi connectivity index (χ2n) is 4.95. The van der Waals surface area contributed by atoms with E-state index in [9.17, 15) is 9.50 Å². The van der Waals surface area contributed by atoms with Gasteiger partial charge >= 0.3 is 0 Å². The van der Waals surface area contributed by atoms with Crippen LogP contribution < -0.4 is 0 Å². The molecular formula is C14H16FN3O3S. The van der Waals surface area contributed by atoms with Crippen LogP contribution in [0.2, 0.25) is 0 Å². The van der Waals surface area contributed by atoms with E-state index >= 15 is 0 Å². The molecule has 2 aromatic rings. The maximum absolute atomic E-state index is 13.2. The third kappa shape index (κ3) is 3.00. The molecule has 3 rings (SSSR count). The summed E-state index contributed by atoms with van der Waals surface area (Å²) in [4.78, 5) is 4.15. The van der Waals surface area contributed by atoms with Crippen molar-refractivity contribution < 1.29 is 19.0 Å². The normalized spacial score (nSPS) is 24.8. The van der Waals surface area contributed by atoms with Gasteiger partial charge in [-0.3, -0.25) is 0 Å². The van der Waals surface area contributed by atoms with Crippen LogP contribution in [0.3, 0.4) is 0 Å². The SMILES string of the molecule is Cn1ncnc1SCC1(c2ccc(F)cc2)OCC(CO)O1. The molecule has 1 fully saturated rings. The molecule has 0 aliphatic carbocycles. The van der Waals surface area contributed by atoms with Gasteiger partial charge in [0.1, 0.15) is 18.2 Å². The second-order valence-corrected chi connectivity index (χ2v) is 5.89. The van der Waals surface area contributed by atoms with E-state index in [1.54, 1.807) is 23.9 Å². The minimum absolute atomic E-state index is 0.127. The summed E-state index contributed by atoms with van der Waals surface area (Å²) in [5.74, 6) is -0.934. The minimum atomic E-state index is -1.03. The predicted octanol–water partition coefficient (Wildman–Crippen LogP) is 1.31. The lowest BCUT2D eigenvalue weighted by molar-refractivity contribution is -0.161. The lowest BCUT2D eigenvalue weighted by atomic mass is 10.1. The number of aryl methyl sites for hydroxylation is 1. The second kappa shape index (κ2) is 6.33. The molecule has 2 atom stereocenters. The van der Waals surface area contributed by atoms with Crippen LogP contribution in [0.1, 0.15) is 5.56 Å². The number of aromatic nitrogens is 3. The number of hydrogen-bond donors (Lipinski definition) is 1. The number of aliphatic hydroxyl groups excluding tert-OH is 1.